The molecule has 0 radical (unpaired) electrons. The first-order chi connectivity index (χ1) is 15.3. The molecule has 4 rings (SSSR count). The van der Waals surface area contributed by atoms with Crippen LogP contribution in [0.1, 0.15) is 44.2 Å². The van der Waals surface area contributed by atoms with Gasteiger partial charge in [0.05, 0.1) is 12.0 Å². The number of carbonyl (C=O) groups is 1. The monoisotopic (exact) mass is 442 g/mol. The van der Waals surface area contributed by atoms with Crippen LogP contribution in [0.4, 0.5) is 8.78 Å². The van der Waals surface area contributed by atoms with E-state index in [0.717, 1.165) is 18.2 Å². The quantitative estimate of drug-likeness (QED) is 0.774. The lowest BCUT2D eigenvalue weighted by atomic mass is 9.72. The van der Waals surface area contributed by atoms with E-state index in [1.165, 1.54) is 12.1 Å². The van der Waals surface area contributed by atoms with Gasteiger partial charge < -0.3 is 14.9 Å². The molecule has 0 aliphatic carbocycles. The molecule has 6 heteroatoms. The topological polar surface area (TPSA) is 43.8 Å². The smallest absolute Gasteiger partial charge is 0.227 e. The highest BCUT2D eigenvalue weighted by Gasteiger charge is 2.50. The maximum absolute atomic E-state index is 14.7. The van der Waals surface area contributed by atoms with Gasteiger partial charge in [0.1, 0.15) is 17.2 Å². The van der Waals surface area contributed by atoms with E-state index in [1.807, 2.05) is 51.1 Å². The molecule has 0 aromatic heterocycles. The Labute approximate surface area is 188 Å². The molecule has 1 N–H and O–H groups in total. The van der Waals surface area contributed by atoms with Crippen molar-refractivity contribution in [3.8, 4) is 0 Å². The summed E-state index contributed by atoms with van der Waals surface area (Å²) in [5, 5.41) is 11.8. The number of halogens is 2. The first-order valence-electron chi connectivity index (χ1n) is 11.5. The molecule has 2 aromatic carbocycles. The summed E-state index contributed by atoms with van der Waals surface area (Å²) in [6.07, 6.45) is 0.682. The lowest BCUT2D eigenvalue weighted by molar-refractivity contribution is -0.159. The van der Waals surface area contributed by atoms with Crippen molar-refractivity contribution in [2.75, 3.05) is 26.2 Å². The average molecular weight is 443 g/mol. The second-order valence-electron chi connectivity index (χ2n) is 9.32. The first kappa shape index (κ1) is 22.9. The fourth-order valence-corrected chi connectivity index (χ4v) is 5.65. The Morgan fingerprint density at radius 3 is 2.50 bits per heavy atom. The van der Waals surface area contributed by atoms with Crippen LogP contribution in [-0.4, -0.2) is 53.0 Å². The Hall–Kier alpha value is -2.31. The standard InChI is InChI=1S/C26H32F2N2O2/c1-4-29-15-22(21-11-10-20(27)14-24(21)28)23(16-29)25(31)30-13-12-17(2)26(32,18(30)3)19-8-6-5-7-9-19/h5-11,14,17-18,22-23,32H,4,12-13,15-16H2,1-3H3/t17-,18-,22-,23+,26-/m0/s1. The van der Waals surface area contributed by atoms with Crippen LogP contribution in [0.2, 0.25) is 0 Å². The van der Waals surface area contributed by atoms with Crippen LogP contribution >= 0.6 is 0 Å². The summed E-state index contributed by atoms with van der Waals surface area (Å²) < 4.78 is 28.2. The van der Waals surface area contributed by atoms with Gasteiger partial charge in [-0.25, -0.2) is 8.78 Å². The SMILES string of the molecule is CCN1C[C@@H](C(=O)N2CC[C@H](C)[C@@](O)(c3ccccc3)[C@@H]2C)[C@H](c2ccc(F)cc2F)C1. The maximum Gasteiger partial charge on any atom is 0.227 e. The number of aliphatic hydroxyl groups is 1. The highest BCUT2D eigenvalue weighted by Crippen LogP contribution is 2.43. The van der Waals surface area contributed by atoms with E-state index < -0.39 is 29.2 Å². The van der Waals surface area contributed by atoms with Crippen LogP contribution in [0, 0.1) is 23.5 Å². The van der Waals surface area contributed by atoms with Gasteiger partial charge in [0.25, 0.3) is 0 Å². The van der Waals surface area contributed by atoms with Crippen LogP contribution < -0.4 is 0 Å². The predicted molar refractivity (Wildman–Crippen MR) is 120 cm³/mol. The number of rotatable bonds is 4. The van der Waals surface area contributed by atoms with E-state index >= 15 is 0 Å². The molecule has 172 valence electrons. The van der Waals surface area contributed by atoms with Gasteiger partial charge in [-0.2, -0.15) is 0 Å². The molecule has 4 nitrogen and oxygen atoms in total. The van der Waals surface area contributed by atoms with E-state index in [1.54, 1.807) is 4.90 Å². The predicted octanol–water partition coefficient (Wildman–Crippen LogP) is 4.14. The second-order valence-corrected chi connectivity index (χ2v) is 9.32. The van der Waals surface area contributed by atoms with Gasteiger partial charge in [-0.1, -0.05) is 50.2 Å². The third kappa shape index (κ3) is 3.84. The highest BCUT2D eigenvalue weighted by molar-refractivity contribution is 5.81. The number of hydrogen-bond donors (Lipinski definition) is 1. The van der Waals surface area contributed by atoms with E-state index in [9.17, 15) is 18.7 Å². The number of hydrogen-bond acceptors (Lipinski definition) is 3. The molecule has 1 amide bonds. The van der Waals surface area contributed by atoms with E-state index in [-0.39, 0.29) is 17.7 Å². The summed E-state index contributed by atoms with van der Waals surface area (Å²) in [4.78, 5) is 17.8. The Morgan fingerprint density at radius 1 is 1.12 bits per heavy atom. The molecule has 2 aliphatic heterocycles. The molecule has 2 saturated heterocycles. The van der Waals surface area contributed by atoms with Crippen molar-refractivity contribution in [1.82, 2.24) is 9.80 Å². The summed E-state index contributed by atoms with van der Waals surface area (Å²) in [5.41, 5.74) is 0.0340. The normalized spacial score (nSPS) is 31.1. The first-order valence-corrected chi connectivity index (χ1v) is 11.5. The van der Waals surface area contributed by atoms with Gasteiger partial charge in [-0.05, 0) is 43.0 Å². The van der Waals surface area contributed by atoms with Gasteiger partial charge in [0, 0.05) is 31.6 Å². The van der Waals surface area contributed by atoms with E-state index in [4.69, 9.17) is 0 Å². The zero-order valence-electron chi connectivity index (χ0n) is 19.0. The minimum absolute atomic E-state index is 0.00925. The van der Waals surface area contributed by atoms with Crippen molar-refractivity contribution in [3.63, 3.8) is 0 Å². The minimum Gasteiger partial charge on any atom is -0.383 e. The molecule has 2 heterocycles. The Bertz CT molecular complexity index is 970. The van der Waals surface area contributed by atoms with Gasteiger partial charge in [0.15, 0.2) is 0 Å². The molecule has 0 unspecified atom stereocenters. The summed E-state index contributed by atoms with van der Waals surface area (Å²) >= 11 is 0. The number of amides is 1. The van der Waals surface area contributed by atoms with Crippen molar-refractivity contribution in [2.24, 2.45) is 11.8 Å². The molecule has 0 saturated carbocycles. The Kier molecular flexibility index (Phi) is 6.37. The van der Waals surface area contributed by atoms with Crippen molar-refractivity contribution in [2.45, 2.75) is 44.8 Å². The number of benzene rings is 2. The van der Waals surface area contributed by atoms with Gasteiger partial charge in [0.2, 0.25) is 5.91 Å². The molecule has 2 fully saturated rings. The third-order valence-corrected chi connectivity index (χ3v) is 7.70. The number of nitrogens with zero attached hydrogens (tertiary/aromatic N) is 2. The largest absolute Gasteiger partial charge is 0.383 e. The molecule has 5 atom stereocenters. The Balaban J connectivity index is 1.65. The molecule has 0 spiro atoms. The summed E-state index contributed by atoms with van der Waals surface area (Å²) in [6.45, 7) is 8.33. The van der Waals surface area contributed by atoms with E-state index in [0.29, 0.717) is 31.6 Å². The van der Waals surface area contributed by atoms with Crippen LogP contribution in [0.5, 0.6) is 0 Å². The fraction of sp³-hybridized carbons (Fsp3) is 0.500. The summed E-state index contributed by atoms with van der Waals surface area (Å²) in [7, 11) is 0. The number of piperidine rings is 1. The third-order valence-electron chi connectivity index (χ3n) is 7.70. The molecule has 0 bridgehead atoms. The summed E-state index contributed by atoms with van der Waals surface area (Å²) in [6, 6.07) is 12.7. The number of likely N-dealkylation sites (N-methyl/N-ethyl adjacent to an activating group) is 1. The lowest BCUT2D eigenvalue weighted by Crippen LogP contribution is -2.60. The molecular formula is C26H32F2N2O2. The fourth-order valence-electron chi connectivity index (χ4n) is 5.65. The van der Waals surface area contributed by atoms with Crippen LogP contribution in [0.15, 0.2) is 48.5 Å². The van der Waals surface area contributed by atoms with Crippen molar-refractivity contribution < 1.29 is 18.7 Å². The van der Waals surface area contributed by atoms with Crippen molar-refractivity contribution in [3.05, 3.63) is 71.3 Å². The van der Waals surface area contributed by atoms with Gasteiger partial charge >= 0.3 is 0 Å². The molecule has 2 aromatic rings. The molecule has 32 heavy (non-hydrogen) atoms. The molecule has 2 aliphatic rings. The average Bonchev–Trinajstić information content (AvgIpc) is 3.22. The van der Waals surface area contributed by atoms with Crippen molar-refractivity contribution >= 4 is 5.91 Å². The maximum atomic E-state index is 14.7. The van der Waals surface area contributed by atoms with Crippen LogP contribution in [0.25, 0.3) is 0 Å². The lowest BCUT2D eigenvalue weighted by Gasteiger charge is -2.50. The number of carbonyl (C=O) groups excluding carboxylic acids is 1. The zero-order valence-corrected chi connectivity index (χ0v) is 19.0. The molecular weight excluding hydrogens is 410 g/mol. The van der Waals surface area contributed by atoms with Crippen molar-refractivity contribution in [1.29, 1.82) is 0 Å². The Morgan fingerprint density at radius 2 is 1.84 bits per heavy atom. The second kappa shape index (κ2) is 8.91. The minimum atomic E-state index is -1.16. The van der Waals surface area contributed by atoms with Gasteiger partial charge in [-0.3, -0.25) is 4.79 Å². The summed E-state index contributed by atoms with van der Waals surface area (Å²) in [5.74, 6) is -2.09. The van der Waals surface area contributed by atoms with Crippen LogP contribution in [-0.2, 0) is 10.4 Å². The number of likely N-dealkylation sites (tertiary alicyclic amines) is 2. The van der Waals surface area contributed by atoms with Gasteiger partial charge in [-0.15, -0.1) is 0 Å². The highest BCUT2D eigenvalue weighted by atomic mass is 19.1. The zero-order chi connectivity index (χ0) is 23.0. The van der Waals surface area contributed by atoms with E-state index in [2.05, 4.69) is 4.90 Å². The van der Waals surface area contributed by atoms with Crippen LogP contribution in [0.3, 0.4) is 0 Å².